The molecule has 2 fully saturated rings. The fourth-order valence-electron chi connectivity index (χ4n) is 6.66. The Morgan fingerprint density at radius 3 is 2.56 bits per heavy atom. The molecule has 0 bridgehead atoms. The molecule has 0 spiro atoms. The van der Waals surface area contributed by atoms with Crippen molar-refractivity contribution in [2.45, 2.75) is 63.3 Å². The number of piperidine rings is 1. The number of para-hydroxylation sites is 1. The third-order valence-corrected chi connectivity index (χ3v) is 10.2. The average molecular weight is 729 g/mol. The molecule has 270 valence electrons. The number of pyridine rings is 1. The number of likely N-dealkylation sites (tertiary alicyclic amines) is 1. The van der Waals surface area contributed by atoms with E-state index < -0.39 is 17.5 Å². The normalized spacial score (nSPS) is 16.2. The minimum atomic E-state index is -1.20. The number of aliphatic hydroxyl groups is 1. The molecule has 1 saturated heterocycles. The van der Waals surface area contributed by atoms with Crippen LogP contribution in [-0.2, 0) is 17.9 Å². The van der Waals surface area contributed by atoms with Gasteiger partial charge >= 0.3 is 0 Å². The van der Waals surface area contributed by atoms with Gasteiger partial charge in [-0.25, -0.2) is 4.98 Å². The number of halogens is 2. The van der Waals surface area contributed by atoms with Gasteiger partial charge < -0.3 is 20.6 Å². The Morgan fingerprint density at radius 2 is 1.81 bits per heavy atom. The monoisotopic (exact) mass is 728 g/mol. The lowest BCUT2D eigenvalue weighted by Crippen LogP contribution is -2.51. The zero-order valence-corrected chi connectivity index (χ0v) is 29.1. The maximum absolute atomic E-state index is 13.8. The summed E-state index contributed by atoms with van der Waals surface area (Å²) in [4.78, 5) is 62.8. The molecular weight excluding hydrogens is 691 g/mol. The number of nitrogens with one attached hydrogen (secondary N) is 2. The molecule has 7 rings (SSSR count). The summed E-state index contributed by atoms with van der Waals surface area (Å²) in [5.74, 6) is -1.97. The molecule has 1 saturated carbocycles. The van der Waals surface area contributed by atoms with Crippen LogP contribution in [0.25, 0.3) is 21.8 Å². The highest BCUT2D eigenvalue weighted by atomic mass is 35.5. The van der Waals surface area contributed by atoms with E-state index in [0.717, 1.165) is 12.8 Å². The molecule has 4 heterocycles. The molecule has 2 aliphatic rings. The first kappa shape index (κ1) is 35.2. The molecule has 3 N–H and O–H groups in total. The van der Waals surface area contributed by atoms with Crippen molar-refractivity contribution in [3.05, 3.63) is 99.7 Å². The fraction of sp³-hybridized carbons (Fsp3) is 0.378. The minimum Gasteiger partial charge on any atom is -0.388 e. The Bertz CT molecular complexity index is 2210. The number of hydrogen-bond acceptors (Lipinski definition) is 8. The van der Waals surface area contributed by atoms with Crippen molar-refractivity contribution >= 4 is 51.1 Å². The van der Waals surface area contributed by atoms with Crippen LogP contribution in [0.2, 0.25) is 5.02 Å². The standard InChI is InChI=1S/C37H38ClFN8O5/c38-32-26-10-7-23(18-30(26)41-19-28(32)34(49)43-25-8-9-25)33(48)40-14-3-4-24(20-47-15-11-31(39)44-47)35(50)45-16-12-37(52,13-17-45)21-46-22-42-29-6-2-1-5-27(29)36(46)51/h1-2,5-7,10-11,15,18-19,22,24-25,52H,3-4,8-9,12-14,16-17,20-21H2,(H,40,48)(H,43,49). The second kappa shape index (κ2) is 14.8. The van der Waals surface area contributed by atoms with Crippen molar-refractivity contribution in [3.8, 4) is 0 Å². The molecule has 1 aliphatic carbocycles. The highest BCUT2D eigenvalue weighted by Crippen LogP contribution is 2.29. The van der Waals surface area contributed by atoms with Crippen LogP contribution in [0.4, 0.5) is 4.39 Å². The van der Waals surface area contributed by atoms with Gasteiger partial charge in [-0.2, -0.15) is 4.39 Å². The van der Waals surface area contributed by atoms with Gasteiger partial charge in [0.25, 0.3) is 17.4 Å². The highest BCUT2D eigenvalue weighted by Gasteiger charge is 2.36. The van der Waals surface area contributed by atoms with Gasteiger partial charge in [0.1, 0.15) is 0 Å². The molecule has 5 aromatic rings. The number of carbonyl (C=O) groups excluding carboxylic acids is 3. The molecule has 3 aromatic heterocycles. The van der Waals surface area contributed by atoms with Crippen LogP contribution in [0.3, 0.4) is 0 Å². The number of rotatable bonds is 12. The van der Waals surface area contributed by atoms with Gasteiger partial charge in [-0.15, -0.1) is 5.10 Å². The lowest BCUT2D eigenvalue weighted by molar-refractivity contribution is -0.141. The number of amides is 3. The van der Waals surface area contributed by atoms with Gasteiger partial charge in [0.05, 0.1) is 57.9 Å². The molecule has 3 amide bonds. The van der Waals surface area contributed by atoms with E-state index in [9.17, 15) is 28.7 Å². The van der Waals surface area contributed by atoms with Gasteiger partial charge in [0.15, 0.2) is 0 Å². The molecule has 52 heavy (non-hydrogen) atoms. The van der Waals surface area contributed by atoms with E-state index in [1.807, 2.05) is 6.07 Å². The smallest absolute Gasteiger partial charge is 0.261 e. The molecule has 1 aliphatic heterocycles. The summed E-state index contributed by atoms with van der Waals surface area (Å²) in [7, 11) is 0. The Kier molecular flexibility index (Phi) is 10.0. The van der Waals surface area contributed by atoms with Gasteiger partial charge in [-0.1, -0.05) is 29.8 Å². The number of hydrogen-bond donors (Lipinski definition) is 3. The number of aromatic nitrogens is 5. The predicted molar refractivity (Wildman–Crippen MR) is 191 cm³/mol. The summed E-state index contributed by atoms with van der Waals surface area (Å²) >= 11 is 6.53. The van der Waals surface area contributed by atoms with E-state index in [1.165, 1.54) is 34.0 Å². The van der Waals surface area contributed by atoms with E-state index >= 15 is 0 Å². The zero-order chi connectivity index (χ0) is 36.4. The van der Waals surface area contributed by atoms with Crippen molar-refractivity contribution in [3.63, 3.8) is 0 Å². The topological polar surface area (TPSA) is 164 Å². The molecule has 1 unspecified atom stereocenters. The molecular formula is C37H38ClFN8O5. The Hall–Kier alpha value is -5.21. The van der Waals surface area contributed by atoms with Gasteiger partial charge in [-0.3, -0.25) is 33.4 Å². The zero-order valence-electron chi connectivity index (χ0n) is 28.3. The van der Waals surface area contributed by atoms with E-state index in [1.54, 1.807) is 41.3 Å². The lowest BCUT2D eigenvalue weighted by atomic mass is 9.90. The summed E-state index contributed by atoms with van der Waals surface area (Å²) in [6.07, 6.45) is 7.60. The summed E-state index contributed by atoms with van der Waals surface area (Å²) in [5, 5.41) is 22.3. The maximum atomic E-state index is 13.8. The van der Waals surface area contributed by atoms with Crippen LogP contribution in [0.1, 0.15) is 59.2 Å². The summed E-state index contributed by atoms with van der Waals surface area (Å²) in [6, 6.07) is 13.3. The van der Waals surface area contributed by atoms with Gasteiger partial charge in [-0.05, 0) is 62.8 Å². The lowest BCUT2D eigenvalue weighted by Gasteiger charge is -2.39. The van der Waals surface area contributed by atoms with Crippen LogP contribution in [0.15, 0.2) is 72.0 Å². The van der Waals surface area contributed by atoms with Crippen LogP contribution < -0.4 is 16.2 Å². The maximum Gasteiger partial charge on any atom is 0.261 e. The number of carbonyl (C=O) groups is 3. The Morgan fingerprint density at radius 1 is 1.02 bits per heavy atom. The third kappa shape index (κ3) is 7.82. The number of fused-ring (bicyclic) bond motifs is 2. The van der Waals surface area contributed by atoms with Crippen molar-refractivity contribution in [2.75, 3.05) is 19.6 Å². The van der Waals surface area contributed by atoms with E-state index in [0.29, 0.717) is 40.2 Å². The van der Waals surface area contributed by atoms with Crippen molar-refractivity contribution < 1.29 is 23.9 Å². The Balaban J connectivity index is 0.951. The first-order chi connectivity index (χ1) is 25.1. The summed E-state index contributed by atoms with van der Waals surface area (Å²) < 4.78 is 16.5. The SMILES string of the molecule is O=C(NCCCC(Cn1ccc(F)n1)C(=O)N1CCC(O)(Cn2cnc3ccccc3c2=O)CC1)c1ccc2c(Cl)c(C(=O)NC3CC3)cnc2c1. The molecule has 13 nitrogen and oxygen atoms in total. The number of nitrogens with zero attached hydrogens (tertiary/aromatic N) is 6. The van der Waals surface area contributed by atoms with Crippen LogP contribution in [-0.4, -0.2) is 83.3 Å². The van der Waals surface area contributed by atoms with Crippen LogP contribution in [0.5, 0.6) is 0 Å². The van der Waals surface area contributed by atoms with E-state index in [2.05, 4.69) is 25.7 Å². The summed E-state index contributed by atoms with van der Waals surface area (Å²) in [6.45, 7) is 1.03. The van der Waals surface area contributed by atoms with Crippen molar-refractivity contribution in [2.24, 2.45) is 5.92 Å². The number of benzene rings is 2. The second-order valence-electron chi connectivity index (χ2n) is 13.7. The van der Waals surface area contributed by atoms with Gasteiger partial charge in [0, 0.05) is 55.1 Å². The van der Waals surface area contributed by atoms with E-state index in [4.69, 9.17) is 11.6 Å². The quantitative estimate of drug-likeness (QED) is 0.164. The second-order valence-corrected chi connectivity index (χ2v) is 14.0. The molecule has 0 radical (unpaired) electrons. The molecule has 15 heteroatoms. The Labute approximate surface area is 302 Å². The first-order valence-electron chi connectivity index (χ1n) is 17.4. The van der Waals surface area contributed by atoms with Gasteiger partial charge in [0.2, 0.25) is 11.9 Å². The fourth-order valence-corrected chi connectivity index (χ4v) is 6.95. The van der Waals surface area contributed by atoms with E-state index in [-0.39, 0.29) is 85.5 Å². The first-order valence-corrected chi connectivity index (χ1v) is 17.8. The highest BCUT2D eigenvalue weighted by molar-refractivity contribution is 6.38. The van der Waals surface area contributed by atoms with Crippen molar-refractivity contribution in [1.82, 2.24) is 39.8 Å². The molecule has 2 aromatic carbocycles. The van der Waals surface area contributed by atoms with Crippen LogP contribution in [0, 0.1) is 11.9 Å². The van der Waals surface area contributed by atoms with Crippen molar-refractivity contribution in [1.29, 1.82) is 0 Å². The predicted octanol–water partition coefficient (Wildman–Crippen LogP) is 3.71. The average Bonchev–Trinajstić information content (AvgIpc) is 3.87. The largest absolute Gasteiger partial charge is 0.388 e. The molecule has 1 atom stereocenters. The summed E-state index contributed by atoms with van der Waals surface area (Å²) in [5.41, 5.74) is 0.282. The third-order valence-electron chi connectivity index (χ3n) is 9.80. The van der Waals surface area contributed by atoms with Crippen LogP contribution >= 0.6 is 11.6 Å². The minimum absolute atomic E-state index is 0.0558.